The summed E-state index contributed by atoms with van der Waals surface area (Å²) in [6.07, 6.45) is 5.99. The quantitative estimate of drug-likeness (QED) is 0.844. The Kier molecular flexibility index (Phi) is 5.64. The SMILES string of the molecule is CCCNC(Cc1cnn(C)c1)c1ccc(Br)c(Cl)c1. The number of hydrogen-bond acceptors (Lipinski definition) is 2. The molecule has 0 aliphatic rings. The van der Waals surface area contributed by atoms with Gasteiger partial charge >= 0.3 is 0 Å². The van der Waals surface area contributed by atoms with Crippen molar-refractivity contribution in [1.29, 1.82) is 0 Å². The Bertz CT molecular complexity index is 568. The molecule has 5 heteroatoms. The molecular weight excluding hydrogens is 338 g/mol. The fourth-order valence-corrected chi connectivity index (χ4v) is 2.60. The third-order valence-corrected chi connectivity index (χ3v) is 4.42. The highest BCUT2D eigenvalue weighted by atomic mass is 79.9. The molecule has 1 aromatic heterocycles. The lowest BCUT2D eigenvalue weighted by Gasteiger charge is -2.19. The van der Waals surface area contributed by atoms with Crippen LogP contribution < -0.4 is 5.32 Å². The summed E-state index contributed by atoms with van der Waals surface area (Å²) in [5.74, 6) is 0. The Morgan fingerprint density at radius 2 is 2.25 bits per heavy atom. The molecule has 108 valence electrons. The van der Waals surface area contributed by atoms with E-state index in [4.69, 9.17) is 11.6 Å². The highest BCUT2D eigenvalue weighted by Gasteiger charge is 2.13. The molecular formula is C15H19BrClN3. The molecule has 20 heavy (non-hydrogen) atoms. The van der Waals surface area contributed by atoms with E-state index in [0.717, 1.165) is 28.9 Å². The van der Waals surface area contributed by atoms with E-state index in [-0.39, 0.29) is 6.04 Å². The Morgan fingerprint density at radius 1 is 1.45 bits per heavy atom. The maximum atomic E-state index is 6.21. The van der Waals surface area contributed by atoms with Gasteiger partial charge in [0.2, 0.25) is 0 Å². The van der Waals surface area contributed by atoms with E-state index in [0.29, 0.717) is 0 Å². The summed E-state index contributed by atoms with van der Waals surface area (Å²) in [4.78, 5) is 0. The lowest BCUT2D eigenvalue weighted by atomic mass is 10.0. The lowest BCUT2D eigenvalue weighted by Crippen LogP contribution is -2.24. The minimum atomic E-state index is 0.254. The number of benzene rings is 1. The minimum Gasteiger partial charge on any atom is -0.310 e. The van der Waals surface area contributed by atoms with Crippen LogP contribution in [0.1, 0.15) is 30.5 Å². The average Bonchev–Trinajstić information content (AvgIpc) is 2.83. The van der Waals surface area contributed by atoms with E-state index in [1.165, 1.54) is 11.1 Å². The number of nitrogens with zero attached hydrogens (tertiary/aromatic N) is 2. The normalized spacial score (nSPS) is 12.6. The molecule has 1 unspecified atom stereocenters. The van der Waals surface area contributed by atoms with Gasteiger partial charge in [-0.3, -0.25) is 4.68 Å². The van der Waals surface area contributed by atoms with Crippen molar-refractivity contribution in [2.24, 2.45) is 7.05 Å². The van der Waals surface area contributed by atoms with E-state index in [1.54, 1.807) is 0 Å². The molecule has 3 nitrogen and oxygen atoms in total. The molecule has 1 atom stereocenters. The van der Waals surface area contributed by atoms with Crippen molar-refractivity contribution >= 4 is 27.5 Å². The molecule has 1 N–H and O–H groups in total. The second-order valence-electron chi connectivity index (χ2n) is 4.91. The van der Waals surface area contributed by atoms with Gasteiger partial charge in [-0.15, -0.1) is 0 Å². The van der Waals surface area contributed by atoms with Crippen LogP contribution in [0.5, 0.6) is 0 Å². The van der Waals surface area contributed by atoms with Crippen molar-refractivity contribution in [2.75, 3.05) is 6.54 Å². The molecule has 1 heterocycles. The van der Waals surface area contributed by atoms with Gasteiger partial charge in [-0.1, -0.05) is 24.6 Å². The summed E-state index contributed by atoms with van der Waals surface area (Å²) in [7, 11) is 1.94. The van der Waals surface area contributed by atoms with Crippen molar-refractivity contribution in [1.82, 2.24) is 15.1 Å². The molecule has 0 radical (unpaired) electrons. The zero-order chi connectivity index (χ0) is 14.5. The van der Waals surface area contributed by atoms with Crippen LogP contribution in [-0.2, 0) is 13.5 Å². The summed E-state index contributed by atoms with van der Waals surface area (Å²) >= 11 is 9.64. The number of hydrogen-bond donors (Lipinski definition) is 1. The fraction of sp³-hybridized carbons (Fsp3) is 0.400. The van der Waals surface area contributed by atoms with E-state index in [2.05, 4.69) is 45.5 Å². The van der Waals surface area contributed by atoms with Gasteiger partial charge in [-0.2, -0.15) is 5.10 Å². The first-order valence-electron chi connectivity index (χ1n) is 6.76. The van der Waals surface area contributed by atoms with Crippen LogP contribution in [0, 0.1) is 0 Å². The van der Waals surface area contributed by atoms with Crippen LogP contribution in [0.3, 0.4) is 0 Å². The largest absolute Gasteiger partial charge is 0.310 e. The van der Waals surface area contributed by atoms with E-state index in [9.17, 15) is 0 Å². The number of aryl methyl sites for hydroxylation is 1. The standard InChI is InChI=1S/C15H19BrClN3/c1-3-6-18-15(7-11-9-19-20(2)10-11)12-4-5-13(16)14(17)8-12/h4-5,8-10,15,18H,3,6-7H2,1-2H3. The van der Waals surface area contributed by atoms with Crippen LogP contribution in [-0.4, -0.2) is 16.3 Å². The Hall–Kier alpha value is -0.840. The van der Waals surface area contributed by atoms with Crippen molar-refractivity contribution in [2.45, 2.75) is 25.8 Å². The third-order valence-electron chi connectivity index (χ3n) is 3.18. The van der Waals surface area contributed by atoms with Gasteiger partial charge in [-0.05, 0) is 58.6 Å². The topological polar surface area (TPSA) is 29.9 Å². The first-order valence-corrected chi connectivity index (χ1v) is 7.93. The van der Waals surface area contributed by atoms with Crippen molar-refractivity contribution in [3.8, 4) is 0 Å². The third kappa shape index (κ3) is 4.08. The smallest absolute Gasteiger partial charge is 0.0551 e. The molecule has 0 fully saturated rings. The highest BCUT2D eigenvalue weighted by Crippen LogP contribution is 2.27. The van der Waals surface area contributed by atoms with Crippen LogP contribution in [0.2, 0.25) is 5.02 Å². The van der Waals surface area contributed by atoms with Crippen LogP contribution in [0.25, 0.3) is 0 Å². The number of halogens is 2. The van der Waals surface area contributed by atoms with Gasteiger partial charge in [0, 0.05) is 23.8 Å². The maximum Gasteiger partial charge on any atom is 0.0551 e. The summed E-state index contributed by atoms with van der Waals surface area (Å²) in [6, 6.07) is 6.39. The molecule has 0 amide bonds. The van der Waals surface area contributed by atoms with Gasteiger partial charge < -0.3 is 5.32 Å². The summed E-state index contributed by atoms with van der Waals surface area (Å²) in [5, 5.41) is 8.56. The van der Waals surface area contributed by atoms with E-state index in [1.807, 2.05) is 30.1 Å². The van der Waals surface area contributed by atoms with Gasteiger partial charge in [0.25, 0.3) is 0 Å². The second-order valence-corrected chi connectivity index (χ2v) is 6.17. The average molecular weight is 357 g/mol. The highest BCUT2D eigenvalue weighted by molar-refractivity contribution is 9.10. The van der Waals surface area contributed by atoms with Crippen molar-refractivity contribution < 1.29 is 0 Å². The molecule has 2 rings (SSSR count). The van der Waals surface area contributed by atoms with Gasteiger partial charge in [0.05, 0.1) is 11.2 Å². The van der Waals surface area contributed by atoms with E-state index < -0.39 is 0 Å². The molecule has 0 spiro atoms. The maximum absolute atomic E-state index is 6.21. The molecule has 1 aromatic carbocycles. The van der Waals surface area contributed by atoms with Crippen molar-refractivity contribution in [3.05, 3.63) is 51.2 Å². The first-order chi connectivity index (χ1) is 9.60. The number of aromatic nitrogens is 2. The molecule has 0 bridgehead atoms. The summed E-state index contributed by atoms with van der Waals surface area (Å²) in [5.41, 5.74) is 2.43. The van der Waals surface area contributed by atoms with Crippen molar-refractivity contribution in [3.63, 3.8) is 0 Å². The predicted octanol–water partition coefficient (Wildman–Crippen LogP) is 4.12. The summed E-state index contributed by atoms with van der Waals surface area (Å²) in [6.45, 7) is 3.15. The Labute approximate surface area is 133 Å². The second kappa shape index (κ2) is 7.25. The predicted molar refractivity (Wildman–Crippen MR) is 87.1 cm³/mol. The van der Waals surface area contributed by atoms with E-state index >= 15 is 0 Å². The molecule has 0 aliphatic carbocycles. The fourth-order valence-electron chi connectivity index (χ4n) is 2.17. The summed E-state index contributed by atoms with van der Waals surface area (Å²) < 4.78 is 2.76. The molecule has 0 aliphatic heterocycles. The Balaban J connectivity index is 2.19. The lowest BCUT2D eigenvalue weighted by molar-refractivity contribution is 0.529. The zero-order valence-electron chi connectivity index (χ0n) is 11.7. The van der Waals surface area contributed by atoms with Crippen LogP contribution >= 0.6 is 27.5 Å². The van der Waals surface area contributed by atoms with Crippen LogP contribution in [0.4, 0.5) is 0 Å². The minimum absolute atomic E-state index is 0.254. The molecule has 0 saturated heterocycles. The zero-order valence-corrected chi connectivity index (χ0v) is 14.1. The first kappa shape index (κ1) is 15.5. The van der Waals surface area contributed by atoms with Crippen LogP contribution in [0.15, 0.2) is 35.1 Å². The van der Waals surface area contributed by atoms with Gasteiger partial charge in [0.1, 0.15) is 0 Å². The molecule has 2 aromatic rings. The van der Waals surface area contributed by atoms with Gasteiger partial charge in [-0.25, -0.2) is 0 Å². The van der Waals surface area contributed by atoms with Gasteiger partial charge in [0.15, 0.2) is 0 Å². The monoisotopic (exact) mass is 355 g/mol. The Morgan fingerprint density at radius 3 is 2.85 bits per heavy atom. The number of rotatable bonds is 6. The number of nitrogens with one attached hydrogen (secondary N) is 1. The molecule has 0 saturated carbocycles.